The fraction of sp³-hybridized carbons (Fsp3) is 0.0909. The first-order chi connectivity index (χ1) is 8.92. The van der Waals surface area contributed by atoms with Crippen LogP contribution in [0.2, 0.25) is 5.02 Å². The Morgan fingerprint density at radius 2 is 2.21 bits per heavy atom. The number of halogens is 1. The van der Waals surface area contributed by atoms with Gasteiger partial charge in [0.2, 0.25) is 0 Å². The van der Waals surface area contributed by atoms with E-state index >= 15 is 0 Å². The third-order valence-electron chi connectivity index (χ3n) is 2.19. The lowest BCUT2D eigenvalue weighted by atomic mass is 10.2. The number of hydrogen-bond donors (Lipinski definition) is 1. The monoisotopic (exact) mass is 313 g/mol. The summed E-state index contributed by atoms with van der Waals surface area (Å²) in [4.78, 5) is 3.94. The lowest BCUT2D eigenvalue weighted by molar-refractivity contribution is 0.601. The van der Waals surface area contributed by atoms with Crippen LogP contribution in [-0.2, 0) is 10.0 Å². The number of hydrogen-bond acceptors (Lipinski definition) is 5. The maximum Gasteiger partial charge on any atom is 0.265 e. The maximum atomic E-state index is 12.1. The molecule has 8 heteroatoms. The van der Waals surface area contributed by atoms with Crippen LogP contribution in [0.1, 0.15) is 11.3 Å². The second-order valence-electron chi connectivity index (χ2n) is 3.66. The van der Waals surface area contributed by atoms with Crippen LogP contribution in [0.3, 0.4) is 0 Å². The number of rotatable bonds is 3. The van der Waals surface area contributed by atoms with Crippen molar-refractivity contribution < 1.29 is 8.42 Å². The first-order valence-electron chi connectivity index (χ1n) is 5.07. The molecule has 0 saturated carbocycles. The normalized spacial score (nSPS) is 11.0. The second kappa shape index (κ2) is 5.17. The van der Waals surface area contributed by atoms with E-state index in [-0.39, 0.29) is 15.0 Å². The number of nitriles is 1. The topological polar surface area (TPSA) is 82.9 Å². The zero-order valence-electron chi connectivity index (χ0n) is 9.71. The molecule has 1 N–H and O–H groups in total. The SMILES string of the molecule is Cc1csc(NS(=O)(=O)c2ccc(C#N)cc2Cl)n1. The molecule has 0 amide bonds. The van der Waals surface area contributed by atoms with Gasteiger partial charge < -0.3 is 0 Å². The van der Waals surface area contributed by atoms with Gasteiger partial charge in [0.25, 0.3) is 10.0 Å². The minimum atomic E-state index is -3.80. The quantitative estimate of drug-likeness (QED) is 0.944. The van der Waals surface area contributed by atoms with Crippen LogP contribution >= 0.6 is 22.9 Å². The molecule has 0 atom stereocenters. The molecule has 1 aromatic heterocycles. The van der Waals surface area contributed by atoms with Gasteiger partial charge in [-0.2, -0.15) is 5.26 Å². The van der Waals surface area contributed by atoms with Gasteiger partial charge >= 0.3 is 0 Å². The molecule has 0 aliphatic rings. The maximum absolute atomic E-state index is 12.1. The number of nitrogens with one attached hydrogen (secondary N) is 1. The lowest BCUT2D eigenvalue weighted by Gasteiger charge is -2.07. The Hall–Kier alpha value is -1.62. The highest BCUT2D eigenvalue weighted by Gasteiger charge is 2.19. The number of anilines is 1. The fourth-order valence-electron chi connectivity index (χ4n) is 1.36. The highest BCUT2D eigenvalue weighted by Crippen LogP contribution is 2.25. The number of aromatic nitrogens is 1. The third kappa shape index (κ3) is 3.04. The van der Waals surface area contributed by atoms with Gasteiger partial charge in [0, 0.05) is 5.38 Å². The zero-order chi connectivity index (χ0) is 14.0. The molecule has 0 fully saturated rings. The van der Waals surface area contributed by atoms with Crippen LogP contribution in [0.5, 0.6) is 0 Å². The van der Waals surface area contributed by atoms with Crippen molar-refractivity contribution in [2.75, 3.05) is 4.72 Å². The predicted octanol–water partition coefficient (Wildman–Crippen LogP) is 2.78. The van der Waals surface area contributed by atoms with Gasteiger partial charge in [-0.15, -0.1) is 11.3 Å². The Labute approximate surface area is 119 Å². The van der Waals surface area contributed by atoms with Crippen molar-refractivity contribution in [1.29, 1.82) is 5.26 Å². The van der Waals surface area contributed by atoms with Crippen molar-refractivity contribution in [3.8, 4) is 6.07 Å². The average Bonchev–Trinajstić information content (AvgIpc) is 2.73. The van der Waals surface area contributed by atoms with Crippen molar-refractivity contribution in [3.63, 3.8) is 0 Å². The zero-order valence-corrected chi connectivity index (χ0v) is 12.1. The van der Waals surface area contributed by atoms with Crippen molar-refractivity contribution in [3.05, 3.63) is 39.9 Å². The molecule has 0 aliphatic carbocycles. The molecule has 19 heavy (non-hydrogen) atoms. The molecule has 2 rings (SSSR count). The number of aryl methyl sites for hydroxylation is 1. The molecule has 0 bridgehead atoms. The third-order valence-corrected chi connectivity index (χ3v) is 5.02. The summed E-state index contributed by atoms with van der Waals surface area (Å²) in [6.07, 6.45) is 0. The van der Waals surface area contributed by atoms with Gasteiger partial charge in [0.05, 0.1) is 22.3 Å². The molecule has 0 aliphatic heterocycles. The average molecular weight is 314 g/mol. The van der Waals surface area contributed by atoms with Crippen LogP contribution in [0.15, 0.2) is 28.5 Å². The Kier molecular flexibility index (Phi) is 3.75. The van der Waals surface area contributed by atoms with Gasteiger partial charge in [-0.05, 0) is 25.1 Å². The van der Waals surface area contributed by atoms with Crippen LogP contribution < -0.4 is 4.72 Å². The molecule has 2 aromatic rings. The van der Waals surface area contributed by atoms with E-state index in [9.17, 15) is 8.42 Å². The Bertz CT molecular complexity index is 762. The fourth-order valence-corrected chi connectivity index (χ4v) is 3.85. The second-order valence-corrected chi connectivity index (χ2v) is 6.57. The number of thiazole rings is 1. The molecule has 1 heterocycles. The summed E-state index contributed by atoms with van der Waals surface area (Å²) in [6, 6.07) is 5.89. The highest BCUT2D eigenvalue weighted by atomic mass is 35.5. The van der Waals surface area contributed by atoms with Gasteiger partial charge in [0.15, 0.2) is 5.13 Å². The van der Waals surface area contributed by atoms with E-state index in [0.29, 0.717) is 5.56 Å². The van der Waals surface area contributed by atoms with Gasteiger partial charge in [-0.25, -0.2) is 13.4 Å². The number of sulfonamides is 1. The van der Waals surface area contributed by atoms with E-state index < -0.39 is 10.0 Å². The summed E-state index contributed by atoms with van der Waals surface area (Å²) >= 11 is 7.06. The Morgan fingerprint density at radius 3 is 2.74 bits per heavy atom. The summed E-state index contributed by atoms with van der Waals surface area (Å²) < 4.78 is 26.6. The van der Waals surface area contributed by atoms with Gasteiger partial charge in [0.1, 0.15) is 4.90 Å². The molecule has 0 saturated heterocycles. The molecule has 98 valence electrons. The Morgan fingerprint density at radius 1 is 1.47 bits per heavy atom. The molecule has 0 unspecified atom stereocenters. The molecular formula is C11H8ClN3O2S2. The van der Waals surface area contributed by atoms with Crippen molar-refractivity contribution >= 4 is 38.1 Å². The molecule has 5 nitrogen and oxygen atoms in total. The summed E-state index contributed by atoms with van der Waals surface area (Å²) in [5, 5.41) is 10.7. The van der Waals surface area contributed by atoms with E-state index in [4.69, 9.17) is 16.9 Å². The van der Waals surface area contributed by atoms with Gasteiger partial charge in [-0.1, -0.05) is 11.6 Å². The van der Waals surface area contributed by atoms with E-state index in [1.54, 1.807) is 12.3 Å². The lowest BCUT2D eigenvalue weighted by Crippen LogP contribution is -2.13. The minimum Gasteiger partial charge on any atom is -0.255 e. The summed E-state index contributed by atoms with van der Waals surface area (Å²) in [7, 11) is -3.80. The molecular weight excluding hydrogens is 306 g/mol. The van der Waals surface area contributed by atoms with E-state index in [1.807, 2.05) is 6.07 Å². The predicted molar refractivity (Wildman–Crippen MR) is 73.8 cm³/mol. The summed E-state index contributed by atoms with van der Waals surface area (Å²) in [5.41, 5.74) is 1.03. The van der Waals surface area contributed by atoms with Crippen LogP contribution in [0.25, 0.3) is 0 Å². The van der Waals surface area contributed by atoms with Crippen LogP contribution in [-0.4, -0.2) is 13.4 Å². The summed E-state index contributed by atoms with van der Waals surface area (Å²) in [5.74, 6) is 0. The minimum absolute atomic E-state index is 0.000159. The number of nitrogens with zero attached hydrogens (tertiary/aromatic N) is 2. The van der Waals surface area contributed by atoms with Crippen molar-refractivity contribution in [1.82, 2.24) is 4.98 Å². The standard InChI is InChI=1S/C11H8ClN3O2S2/c1-7-6-18-11(14-7)15-19(16,17)10-3-2-8(5-13)4-9(10)12/h2-4,6H,1H3,(H,14,15). The first kappa shape index (κ1) is 13.8. The van der Waals surface area contributed by atoms with Crippen molar-refractivity contribution in [2.24, 2.45) is 0 Å². The molecule has 0 radical (unpaired) electrons. The van der Waals surface area contributed by atoms with E-state index in [2.05, 4.69) is 9.71 Å². The Balaban J connectivity index is 2.37. The largest absolute Gasteiger partial charge is 0.265 e. The van der Waals surface area contributed by atoms with E-state index in [0.717, 1.165) is 5.69 Å². The smallest absolute Gasteiger partial charge is 0.255 e. The highest BCUT2D eigenvalue weighted by molar-refractivity contribution is 7.93. The molecule has 1 aromatic carbocycles. The summed E-state index contributed by atoms with van der Waals surface area (Å²) in [6.45, 7) is 1.77. The number of benzene rings is 1. The first-order valence-corrected chi connectivity index (χ1v) is 7.81. The van der Waals surface area contributed by atoms with Crippen molar-refractivity contribution in [2.45, 2.75) is 11.8 Å². The van der Waals surface area contributed by atoms with Crippen LogP contribution in [0, 0.1) is 18.3 Å². The van der Waals surface area contributed by atoms with Gasteiger partial charge in [-0.3, -0.25) is 4.72 Å². The molecule has 0 spiro atoms. The van der Waals surface area contributed by atoms with Crippen LogP contribution in [0.4, 0.5) is 5.13 Å². The van der Waals surface area contributed by atoms with E-state index in [1.165, 1.54) is 29.5 Å².